The van der Waals surface area contributed by atoms with Crippen LogP contribution in [0.15, 0.2) is 16.6 Å². The molecule has 1 aromatic carbocycles. The average molecular weight is 246 g/mol. The lowest BCUT2D eigenvalue weighted by Crippen LogP contribution is -1.77. The van der Waals surface area contributed by atoms with Crippen molar-refractivity contribution in [2.75, 3.05) is 0 Å². The molecule has 0 unspecified atom stereocenters. The highest BCUT2D eigenvalue weighted by Crippen LogP contribution is 2.29. The predicted molar refractivity (Wildman–Crippen MR) is 52.0 cm³/mol. The number of aromatic nitrogens is 1. The fourth-order valence-electron chi connectivity index (χ4n) is 1.05. The number of halogens is 2. The molecule has 62 valence electrons. The van der Waals surface area contributed by atoms with Gasteiger partial charge in [-0.2, -0.15) is 0 Å². The number of rotatable bonds is 0. The van der Waals surface area contributed by atoms with Crippen LogP contribution in [-0.2, 0) is 0 Å². The van der Waals surface area contributed by atoms with Crippen LogP contribution < -0.4 is 0 Å². The quantitative estimate of drug-likeness (QED) is 0.693. The highest BCUT2D eigenvalue weighted by Gasteiger charge is 2.07. The summed E-state index contributed by atoms with van der Waals surface area (Å²) in [5.74, 6) is -0.257. The molecule has 0 spiro atoms. The van der Waals surface area contributed by atoms with Crippen molar-refractivity contribution in [1.29, 1.82) is 0 Å². The summed E-state index contributed by atoms with van der Waals surface area (Å²) in [5, 5.41) is 0.955. The first-order chi connectivity index (χ1) is 5.68. The Bertz CT molecular complexity index is 438. The van der Waals surface area contributed by atoms with Crippen LogP contribution in [0.4, 0.5) is 4.39 Å². The lowest BCUT2D eigenvalue weighted by Gasteiger charge is -1.92. The highest BCUT2D eigenvalue weighted by atomic mass is 79.9. The molecule has 12 heavy (non-hydrogen) atoms. The second-order valence-corrected chi connectivity index (χ2v) is 4.47. The Morgan fingerprint density at radius 1 is 1.50 bits per heavy atom. The topological polar surface area (TPSA) is 12.9 Å². The molecule has 0 bridgehead atoms. The minimum absolute atomic E-state index is 0.257. The molecule has 4 heteroatoms. The molecule has 1 heterocycles. The van der Waals surface area contributed by atoms with Gasteiger partial charge < -0.3 is 0 Å². The van der Waals surface area contributed by atoms with Crippen molar-refractivity contribution in [1.82, 2.24) is 4.98 Å². The Labute approximate surface area is 81.4 Å². The van der Waals surface area contributed by atoms with E-state index in [1.165, 1.54) is 6.07 Å². The fraction of sp³-hybridized carbons (Fsp3) is 0.125. The van der Waals surface area contributed by atoms with E-state index in [2.05, 4.69) is 20.9 Å². The van der Waals surface area contributed by atoms with E-state index in [4.69, 9.17) is 0 Å². The maximum atomic E-state index is 13.0. The maximum absolute atomic E-state index is 13.0. The molecule has 1 nitrogen and oxygen atoms in total. The normalized spacial score (nSPS) is 10.9. The zero-order valence-electron chi connectivity index (χ0n) is 6.27. The standard InChI is InChI=1S/C8H5BrFNS/c1-4-11-8-6(12-4)3-2-5(10)7(8)9/h2-3H,1H3. The molecule has 2 aromatic rings. The second-order valence-electron chi connectivity index (χ2n) is 2.44. The number of thiazole rings is 1. The first kappa shape index (κ1) is 8.13. The third kappa shape index (κ3) is 1.15. The summed E-state index contributed by atoms with van der Waals surface area (Å²) in [6, 6.07) is 3.20. The predicted octanol–water partition coefficient (Wildman–Crippen LogP) is 3.51. The van der Waals surface area contributed by atoms with Gasteiger partial charge in [0.15, 0.2) is 0 Å². The Balaban J connectivity index is 2.89. The summed E-state index contributed by atoms with van der Waals surface area (Å²) in [5.41, 5.74) is 0.720. The van der Waals surface area contributed by atoms with Crippen LogP contribution in [0, 0.1) is 12.7 Å². The summed E-state index contributed by atoms with van der Waals surface area (Å²) < 4.78 is 14.5. The van der Waals surface area contributed by atoms with Gasteiger partial charge in [-0.25, -0.2) is 9.37 Å². The van der Waals surface area contributed by atoms with Crippen molar-refractivity contribution in [2.45, 2.75) is 6.92 Å². The van der Waals surface area contributed by atoms with E-state index < -0.39 is 0 Å². The number of hydrogen-bond donors (Lipinski definition) is 0. The highest BCUT2D eigenvalue weighted by molar-refractivity contribution is 9.10. The molecule has 1 aromatic heterocycles. The molecule has 0 aliphatic carbocycles. The summed E-state index contributed by atoms with van der Waals surface area (Å²) in [6.07, 6.45) is 0. The van der Waals surface area contributed by atoms with Crippen LogP contribution in [0.5, 0.6) is 0 Å². The van der Waals surface area contributed by atoms with E-state index in [9.17, 15) is 4.39 Å². The van der Waals surface area contributed by atoms with Crippen LogP contribution >= 0.6 is 27.3 Å². The fourth-order valence-corrected chi connectivity index (χ4v) is 2.45. The molecule has 0 saturated heterocycles. The largest absolute Gasteiger partial charge is 0.240 e. The van der Waals surface area contributed by atoms with Gasteiger partial charge in [0, 0.05) is 0 Å². The molecule has 0 saturated carbocycles. The number of fused-ring (bicyclic) bond motifs is 1. The van der Waals surface area contributed by atoms with E-state index in [1.54, 1.807) is 17.4 Å². The summed E-state index contributed by atoms with van der Waals surface area (Å²) in [6.45, 7) is 1.91. The average Bonchev–Trinajstić information content (AvgIpc) is 2.39. The zero-order valence-corrected chi connectivity index (χ0v) is 8.67. The molecule has 2 rings (SSSR count). The number of aryl methyl sites for hydroxylation is 1. The molecule has 0 fully saturated rings. The van der Waals surface area contributed by atoms with Crippen molar-refractivity contribution >= 4 is 37.5 Å². The zero-order chi connectivity index (χ0) is 8.72. The third-order valence-electron chi connectivity index (χ3n) is 1.56. The van der Waals surface area contributed by atoms with Gasteiger partial charge >= 0.3 is 0 Å². The molecule has 0 radical (unpaired) electrons. The minimum Gasteiger partial charge on any atom is -0.240 e. The monoisotopic (exact) mass is 245 g/mol. The van der Waals surface area contributed by atoms with E-state index >= 15 is 0 Å². The first-order valence-corrected chi connectivity index (χ1v) is 5.00. The van der Waals surface area contributed by atoms with Crippen LogP contribution in [0.2, 0.25) is 0 Å². The smallest absolute Gasteiger partial charge is 0.139 e. The van der Waals surface area contributed by atoms with E-state index in [0.717, 1.165) is 15.2 Å². The van der Waals surface area contributed by atoms with Gasteiger partial charge in [0.1, 0.15) is 5.82 Å². The van der Waals surface area contributed by atoms with Crippen molar-refractivity contribution < 1.29 is 4.39 Å². The SMILES string of the molecule is Cc1nc2c(Br)c(F)ccc2s1. The van der Waals surface area contributed by atoms with Gasteiger partial charge in [0.2, 0.25) is 0 Å². The Morgan fingerprint density at radius 2 is 2.25 bits per heavy atom. The summed E-state index contributed by atoms with van der Waals surface area (Å²) >= 11 is 4.73. The molecular formula is C8H5BrFNS. The molecule has 0 atom stereocenters. The number of benzene rings is 1. The van der Waals surface area contributed by atoms with Gasteiger partial charge in [0.25, 0.3) is 0 Å². The van der Waals surface area contributed by atoms with Gasteiger partial charge in [-0.1, -0.05) is 0 Å². The van der Waals surface area contributed by atoms with Crippen molar-refractivity contribution in [2.24, 2.45) is 0 Å². The Kier molecular flexibility index (Phi) is 1.88. The molecule has 0 N–H and O–H groups in total. The van der Waals surface area contributed by atoms with Crippen LogP contribution in [0.25, 0.3) is 10.2 Å². The Hall–Kier alpha value is -0.480. The van der Waals surface area contributed by atoms with Gasteiger partial charge in [0.05, 0.1) is 19.7 Å². The lowest BCUT2D eigenvalue weighted by atomic mass is 10.3. The first-order valence-electron chi connectivity index (χ1n) is 3.39. The van der Waals surface area contributed by atoms with Crippen molar-refractivity contribution in [3.63, 3.8) is 0 Å². The van der Waals surface area contributed by atoms with E-state index in [-0.39, 0.29) is 5.82 Å². The van der Waals surface area contributed by atoms with Crippen LogP contribution in [0.1, 0.15) is 5.01 Å². The van der Waals surface area contributed by atoms with Gasteiger partial charge in [-0.3, -0.25) is 0 Å². The minimum atomic E-state index is -0.257. The lowest BCUT2D eigenvalue weighted by molar-refractivity contribution is 0.623. The van der Waals surface area contributed by atoms with Crippen molar-refractivity contribution in [3.05, 3.63) is 27.4 Å². The molecular weight excluding hydrogens is 241 g/mol. The van der Waals surface area contributed by atoms with Crippen LogP contribution in [0.3, 0.4) is 0 Å². The summed E-state index contributed by atoms with van der Waals surface area (Å²) in [7, 11) is 0. The molecule has 0 aliphatic heterocycles. The number of hydrogen-bond acceptors (Lipinski definition) is 2. The van der Waals surface area contributed by atoms with Gasteiger partial charge in [-0.05, 0) is 35.0 Å². The second kappa shape index (κ2) is 2.78. The molecule has 0 aliphatic rings. The number of nitrogens with zero attached hydrogens (tertiary/aromatic N) is 1. The maximum Gasteiger partial charge on any atom is 0.139 e. The van der Waals surface area contributed by atoms with E-state index in [1.807, 2.05) is 6.92 Å². The third-order valence-corrected chi connectivity index (χ3v) is 3.25. The van der Waals surface area contributed by atoms with Crippen molar-refractivity contribution in [3.8, 4) is 0 Å². The van der Waals surface area contributed by atoms with Gasteiger partial charge in [-0.15, -0.1) is 11.3 Å². The van der Waals surface area contributed by atoms with Crippen LogP contribution in [-0.4, -0.2) is 4.98 Å². The summed E-state index contributed by atoms with van der Waals surface area (Å²) in [4.78, 5) is 4.21. The van der Waals surface area contributed by atoms with E-state index in [0.29, 0.717) is 4.47 Å². The Morgan fingerprint density at radius 3 is 3.00 bits per heavy atom. The molecule has 0 amide bonds.